The fourth-order valence-corrected chi connectivity index (χ4v) is 6.21. The van der Waals surface area contributed by atoms with Crippen molar-refractivity contribution in [2.45, 2.75) is 37.5 Å². The quantitative estimate of drug-likeness (QED) is 0.141. The van der Waals surface area contributed by atoms with Crippen molar-refractivity contribution in [1.29, 1.82) is 5.41 Å². The van der Waals surface area contributed by atoms with Gasteiger partial charge in [-0.3, -0.25) is 14.5 Å². The number of benzene rings is 1. The molecule has 2 N–H and O–H groups in total. The maximum Gasteiger partial charge on any atom is 0.416 e. The van der Waals surface area contributed by atoms with Crippen LogP contribution in [0.25, 0.3) is 0 Å². The van der Waals surface area contributed by atoms with Gasteiger partial charge in [0.1, 0.15) is 16.5 Å². The Hall–Kier alpha value is -3.77. The number of nitrogens with zero attached hydrogens (tertiary/aromatic N) is 4. The number of hydrogen-bond acceptors (Lipinski definition) is 7. The standard InChI is InChI=1S/C28H26F4N6OS/c1-2-38-25(8-11-35-38)40-37-12-9-19-13-23(36-22-5-3-21(29)4-6-22)18(16-33)15-27(19,17-37)26(39)24-14-20(7-10-34-24)28(30,31)32/h3-8,10-11,13-14,16,33,36H,2,9,12,15,17H2,1H3. The number of aryl methyl sites for hydroxylation is 1. The smallest absolute Gasteiger partial charge is 0.355 e. The van der Waals surface area contributed by atoms with E-state index in [1.165, 1.54) is 24.1 Å². The van der Waals surface area contributed by atoms with Crippen molar-refractivity contribution < 1.29 is 22.4 Å². The van der Waals surface area contributed by atoms with Crippen LogP contribution in [0.5, 0.6) is 0 Å². The molecule has 1 aromatic carbocycles. The van der Waals surface area contributed by atoms with Crippen molar-refractivity contribution in [3.8, 4) is 0 Å². The molecule has 1 aliphatic heterocycles. The molecule has 1 aliphatic carbocycles. The normalized spacial score (nSPS) is 19.7. The lowest BCUT2D eigenvalue weighted by atomic mass is 9.65. The van der Waals surface area contributed by atoms with Crippen molar-refractivity contribution >= 4 is 29.6 Å². The Bertz CT molecular complexity index is 1500. The largest absolute Gasteiger partial charge is 0.416 e. The van der Waals surface area contributed by atoms with Crippen LogP contribution in [0.15, 0.2) is 82.8 Å². The van der Waals surface area contributed by atoms with Crippen LogP contribution in [0.1, 0.15) is 35.8 Å². The van der Waals surface area contributed by atoms with Crippen LogP contribution in [-0.4, -0.2) is 44.2 Å². The number of pyridine rings is 1. The lowest BCUT2D eigenvalue weighted by Crippen LogP contribution is -2.49. The second-order valence-electron chi connectivity index (χ2n) is 9.59. The van der Waals surface area contributed by atoms with Gasteiger partial charge in [-0.2, -0.15) is 18.3 Å². The van der Waals surface area contributed by atoms with Crippen molar-refractivity contribution in [2.75, 3.05) is 18.4 Å². The molecule has 7 nitrogen and oxygen atoms in total. The Morgan fingerprint density at radius 1 is 1.20 bits per heavy atom. The van der Waals surface area contributed by atoms with E-state index in [-0.39, 0.29) is 24.5 Å². The number of hydrogen-bond donors (Lipinski definition) is 2. The van der Waals surface area contributed by atoms with Gasteiger partial charge in [-0.25, -0.2) is 8.70 Å². The number of ketones is 1. The summed E-state index contributed by atoms with van der Waals surface area (Å²) >= 11 is 1.44. The van der Waals surface area contributed by atoms with E-state index < -0.39 is 22.9 Å². The van der Waals surface area contributed by atoms with Crippen LogP contribution >= 0.6 is 11.9 Å². The molecule has 12 heteroatoms. The number of rotatable bonds is 8. The van der Waals surface area contributed by atoms with Gasteiger partial charge < -0.3 is 10.7 Å². The summed E-state index contributed by atoms with van der Waals surface area (Å²) in [5.41, 5.74) is -0.0227. The molecule has 2 aliphatic rings. The molecule has 1 atom stereocenters. The average molecular weight is 571 g/mol. The van der Waals surface area contributed by atoms with Crippen LogP contribution in [-0.2, 0) is 12.7 Å². The van der Waals surface area contributed by atoms with Crippen molar-refractivity contribution in [3.05, 3.63) is 94.9 Å². The Morgan fingerprint density at radius 3 is 2.67 bits per heavy atom. The summed E-state index contributed by atoms with van der Waals surface area (Å²) in [6.45, 7) is 3.42. The number of allylic oxidation sites excluding steroid dienone is 2. The van der Waals surface area contributed by atoms with Gasteiger partial charge in [-0.1, -0.05) is 5.57 Å². The second kappa shape index (κ2) is 11.0. The molecule has 3 heterocycles. The Morgan fingerprint density at radius 2 is 1.98 bits per heavy atom. The third kappa shape index (κ3) is 5.46. The Kier molecular flexibility index (Phi) is 7.65. The zero-order chi connectivity index (χ0) is 28.5. The molecule has 1 unspecified atom stereocenters. The molecule has 1 fully saturated rings. The predicted octanol–water partition coefficient (Wildman–Crippen LogP) is 6.38. The summed E-state index contributed by atoms with van der Waals surface area (Å²) in [5.74, 6) is -0.916. The third-order valence-corrected chi connectivity index (χ3v) is 8.20. The topological polar surface area (TPSA) is 86.9 Å². The zero-order valence-electron chi connectivity index (χ0n) is 21.5. The van der Waals surface area contributed by atoms with Gasteiger partial charge in [0.15, 0.2) is 5.78 Å². The first-order valence-corrected chi connectivity index (χ1v) is 13.4. The van der Waals surface area contributed by atoms with E-state index in [9.17, 15) is 22.4 Å². The van der Waals surface area contributed by atoms with Crippen LogP contribution in [0.4, 0.5) is 23.2 Å². The van der Waals surface area contributed by atoms with Gasteiger partial charge in [0.25, 0.3) is 0 Å². The van der Waals surface area contributed by atoms with Gasteiger partial charge in [0.2, 0.25) is 0 Å². The van der Waals surface area contributed by atoms with Crippen LogP contribution in [0, 0.1) is 16.6 Å². The van der Waals surface area contributed by atoms with Gasteiger partial charge >= 0.3 is 6.18 Å². The third-order valence-electron chi connectivity index (χ3n) is 7.10. The molecular formula is C28H26F4N6OS. The number of Topliss-reactive ketones (excluding diaryl/α,β-unsaturated/α-hetero) is 1. The Balaban J connectivity index is 1.54. The summed E-state index contributed by atoms with van der Waals surface area (Å²) in [6.07, 6.45) is 1.58. The highest BCUT2D eigenvalue weighted by molar-refractivity contribution is 7.97. The van der Waals surface area contributed by atoms with Crippen LogP contribution < -0.4 is 5.32 Å². The summed E-state index contributed by atoms with van der Waals surface area (Å²) in [5, 5.41) is 16.5. The highest BCUT2D eigenvalue weighted by Crippen LogP contribution is 2.49. The van der Waals surface area contributed by atoms with Gasteiger partial charge in [0.05, 0.1) is 17.2 Å². The molecule has 0 saturated carbocycles. The number of alkyl halides is 3. The van der Waals surface area contributed by atoms with E-state index in [0.29, 0.717) is 36.5 Å². The number of fused-ring (bicyclic) bond motifs is 1. The number of anilines is 1. The fraction of sp³-hybridized carbons (Fsp3) is 0.286. The maximum atomic E-state index is 14.2. The first-order valence-electron chi connectivity index (χ1n) is 12.6. The van der Waals surface area contributed by atoms with Gasteiger partial charge in [-0.05, 0) is 85.8 Å². The SMILES string of the molecule is CCn1nccc1SN1CCC2=CC(Nc3ccc(F)cc3)=C(C=N)CC2(C(=O)c2cc(C(F)(F)F)ccn2)C1. The molecule has 2 aromatic heterocycles. The number of aromatic nitrogens is 3. The van der Waals surface area contributed by atoms with Crippen LogP contribution in [0.3, 0.4) is 0 Å². The summed E-state index contributed by atoms with van der Waals surface area (Å²) in [4.78, 5) is 18.2. The molecule has 3 aromatic rings. The molecule has 40 heavy (non-hydrogen) atoms. The second-order valence-corrected chi connectivity index (χ2v) is 10.7. The molecule has 5 rings (SSSR count). The minimum atomic E-state index is -4.62. The highest BCUT2D eigenvalue weighted by Gasteiger charge is 2.49. The maximum absolute atomic E-state index is 14.2. The number of carbonyl (C=O) groups excluding carboxylic acids is 1. The monoisotopic (exact) mass is 570 g/mol. The summed E-state index contributed by atoms with van der Waals surface area (Å²) < 4.78 is 57.8. The summed E-state index contributed by atoms with van der Waals surface area (Å²) in [7, 11) is 0. The van der Waals surface area contributed by atoms with Gasteiger partial charge in [-0.15, -0.1) is 0 Å². The van der Waals surface area contributed by atoms with E-state index in [1.54, 1.807) is 24.4 Å². The van der Waals surface area contributed by atoms with Crippen LogP contribution in [0.2, 0.25) is 0 Å². The first-order chi connectivity index (χ1) is 19.1. The van der Waals surface area contributed by atoms with E-state index in [1.807, 2.05) is 22.0 Å². The molecule has 0 radical (unpaired) electrons. The molecule has 0 amide bonds. The highest BCUT2D eigenvalue weighted by atomic mass is 32.2. The molecular weight excluding hydrogens is 544 g/mol. The van der Waals surface area contributed by atoms with Crippen molar-refractivity contribution in [2.24, 2.45) is 5.41 Å². The van der Waals surface area contributed by atoms with E-state index in [4.69, 9.17) is 5.41 Å². The summed E-state index contributed by atoms with van der Waals surface area (Å²) in [6, 6.07) is 9.27. The molecule has 208 valence electrons. The molecule has 1 saturated heterocycles. The minimum Gasteiger partial charge on any atom is -0.355 e. The lowest BCUT2D eigenvalue weighted by molar-refractivity contribution is -0.137. The predicted molar refractivity (Wildman–Crippen MR) is 144 cm³/mol. The van der Waals surface area contributed by atoms with Crippen molar-refractivity contribution in [3.63, 3.8) is 0 Å². The van der Waals surface area contributed by atoms with E-state index in [0.717, 1.165) is 35.1 Å². The lowest BCUT2D eigenvalue weighted by Gasteiger charge is -2.45. The molecule has 0 spiro atoms. The number of carbonyl (C=O) groups is 1. The average Bonchev–Trinajstić information content (AvgIpc) is 3.40. The van der Waals surface area contributed by atoms with Gasteiger partial charge in [0, 0.05) is 43.4 Å². The number of nitrogens with one attached hydrogen (secondary N) is 2. The molecule has 0 bridgehead atoms. The van der Waals surface area contributed by atoms with Crippen molar-refractivity contribution in [1.82, 2.24) is 19.1 Å². The van der Waals surface area contributed by atoms with E-state index in [2.05, 4.69) is 15.4 Å². The minimum absolute atomic E-state index is 0.0900. The Labute approximate surface area is 232 Å². The first kappa shape index (κ1) is 27.8. The fourth-order valence-electron chi connectivity index (χ4n) is 5.09. The number of halogens is 4. The number of piperidine rings is 1. The van der Waals surface area contributed by atoms with E-state index >= 15 is 0 Å². The zero-order valence-corrected chi connectivity index (χ0v) is 22.3.